The normalized spacial score (nSPS) is 19.0. The third kappa shape index (κ3) is 2.07. The van der Waals surface area contributed by atoms with Gasteiger partial charge in [0, 0.05) is 6.54 Å². The van der Waals surface area contributed by atoms with Gasteiger partial charge in [0.25, 0.3) is 0 Å². The van der Waals surface area contributed by atoms with Crippen LogP contribution in [0.3, 0.4) is 0 Å². The van der Waals surface area contributed by atoms with Gasteiger partial charge in [0.05, 0.1) is 0 Å². The number of aryl methyl sites for hydroxylation is 2. The minimum atomic E-state index is 0.115. The van der Waals surface area contributed by atoms with Crippen LogP contribution >= 0.6 is 0 Å². The van der Waals surface area contributed by atoms with Gasteiger partial charge in [-0.25, -0.2) is 0 Å². The van der Waals surface area contributed by atoms with Crippen molar-refractivity contribution in [1.82, 2.24) is 5.32 Å². The standard InChI is InChI=1S/C12H17NO2/c1-8-4-11-12(5-9(8)2)15-10(6-13-3)7-14-11/h4-5,10,13H,6-7H2,1-3H3. The lowest BCUT2D eigenvalue weighted by Gasteiger charge is -2.27. The molecule has 3 nitrogen and oxygen atoms in total. The molecular weight excluding hydrogens is 190 g/mol. The second-order valence-electron chi connectivity index (χ2n) is 3.99. The highest BCUT2D eigenvalue weighted by Crippen LogP contribution is 2.34. The van der Waals surface area contributed by atoms with Crippen LogP contribution in [0.2, 0.25) is 0 Å². The van der Waals surface area contributed by atoms with E-state index in [4.69, 9.17) is 9.47 Å². The molecule has 1 aromatic rings. The van der Waals surface area contributed by atoms with E-state index >= 15 is 0 Å². The van der Waals surface area contributed by atoms with Crippen molar-refractivity contribution in [1.29, 1.82) is 0 Å². The minimum Gasteiger partial charge on any atom is -0.486 e. The Morgan fingerprint density at radius 2 is 1.93 bits per heavy atom. The van der Waals surface area contributed by atoms with Crippen LogP contribution in [-0.4, -0.2) is 26.3 Å². The quantitative estimate of drug-likeness (QED) is 0.800. The molecule has 1 aliphatic rings. The smallest absolute Gasteiger partial charge is 0.162 e. The summed E-state index contributed by atoms with van der Waals surface area (Å²) in [4.78, 5) is 0. The maximum absolute atomic E-state index is 5.82. The summed E-state index contributed by atoms with van der Waals surface area (Å²) < 4.78 is 11.5. The lowest BCUT2D eigenvalue weighted by Crippen LogP contribution is -2.37. The van der Waals surface area contributed by atoms with Gasteiger partial charge in [-0.15, -0.1) is 0 Å². The summed E-state index contributed by atoms with van der Waals surface area (Å²) in [6.07, 6.45) is 0.115. The summed E-state index contributed by atoms with van der Waals surface area (Å²) >= 11 is 0. The van der Waals surface area contributed by atoms with Crippen molar-refractivity contribution in [2.45, 2.75) is 20.0 Å². The number of fused-ring (bicyclic) bond motifs is 1. The molecule has 1 heterocycles. The van der Waals surface area contributed by atoms with Gasteiger partial charge in [0.2, 0.25) is 0 Å². The van der Waals surface area contributed by atoms with E-state index in [-0.39, 0.29) is 6.10 Å². The van der Waals surface area contributed by atoms with E-state index < -0.39 is 0 Å². The number of nitrogens with one attached hydrogen (secondary N) is 1. The maximum atomic E-state index is 5.82. The molecule has 1 atom stereocenters. The molecule has 0 aromatic heterocycles. The van der Waals surface area contributed by atoms with E-state index in [1.165, 1.54) is 11.1 Å². The van der Waals surface area contributed by atoms with Crippen LogP contribution < -0.4 is 14.8 Å². The summed E-state index contributed by atoms with van der Waals surface area (Å²) in [5.41, 5.74) is 2.48. The molecule has 0 spiro atoms. The molecule has 3 heteroatoms. The first-order valence-corrected chi connectivity index (χ1v) is 5.26. The largest absolute Gasteiger partial charge is 0.486 e. The Hall–Kier alpha value is -1.22. The molecule has 82 valence electrons. The minimum absolute atomic E-state index is 0.115. The van der Waals surface area contributed by atoms with E-state index in [9.17, 15) is 0 Å². The molecule has 0 saturated carbocycles. The van der Waals surface area contributed by atoms with Gasteiger partial charge in [-0.2, -0.15) is 0 Å². The van der Waals surface area contributed by atoms with Gasteiger partial charge < -0.3 is 14.8 Å². The van der Waals surface area contributed by atoms with Crippen molar-refractivity contribution >= 4 is 0 Å². The third-order valence-corrected chi connectivity index (χ3v) is 2.71. The SMILES string of the molecule is CNCC1COc2cc(C)c(C)cc2O1. The van der Waals surface area contributed by atoms with Crippen LogP contribution in [0.1, 0.15) is 11.1 Å². The summed E-state index contributed by atoms with van der Waals surface area (Å²) in [6.45, 7) is 5.60. The first kappa shape index (κ1) is 10.3. The fourth-order valence-corrected chi connectivity index (χ4v) is 1.69. The van der Waals surface area contributed by atoms with Crippen LogP contribution in [0, 0.1) is 13.8 Å². The van der Waals surface area contributed by atoms with Gasteiger partial charge in [0.15, 0.2) is 11.5 Å². The maximum Gasteiger partial charge on any atom is 0.162 e. The molecule has 1 unspecified atom stereocenters. The van der Waals surface area contributed by atoms with E-state index in [0.717, 1.165) is 18.0 Å². The Bertz CT molecular complexity index is 363. The Morgan fingerprint density at radius 1 is 1.27 bits per heavy atom. The van der Waals surface area contributed by atoms with Crippen molar-refractivity contribution in [2.24, 2.45) is 0 Å². The van der Waals surface area contributed by atoms with Crippen molar-refractivity contribution < 1.29 is 9.47 Å². The zero-order valence-corrected chi connectivity index (χ0v) is 9.46. The summed E-state index contributed by atoms with van der Waals surface area (Å²) in [5, 5.41) is 3.09. The number of hydrogen-bond donors (Lipinski definition) is 1. The summed E-state index contributed by atoms with van der Waals surface area (Å²) in [5.74, 6) is 1.73. The Balaban J connectivity index is 2.22. The summed E-state index contributed by atoms with van der Waals surface area (Å²) in [6, 6.07) is 4.09. The van der Waals surface area contributed by atoms with Gasteiger partial charge in [0.1, 0.15) is 12.7 Å². The number of rotatable bonds is 2. The lowest BCUT2D eigenvalue weighted by atomic mass is 10.1. The number of ether oxygens (including phenoxy) is 2. The fourth-order valence-electron chi connectivity index (χ4n) is 1.69. The van der Waals surface area contributed by atoms with Crippen LogP contribution in [0.25, 0.3) is 0 Å². The average molecular weight is 207 g/mol. The first-order chi connectivity index (χ1) is 7.20. The van der Waals surface area contributed by atoms with Crippen LogP contribution in [-0.2, 0) is 0 Å². The number of benzene rings is 1. The average Bonchev–Trinajstić information content (AvgIpc) is 2.21. The molecule has 0 aliphatic carbocycles. The van der Waals surface area contributed by atoms with Gasteiger partial charge in [-0.3, -0.25) is 0 Å². The Labute approximate surface area is 90.4 Å². The highest BCUT2D eigenvalue weighted by molar-refractivity contribution is 5.47. The Morgan fingerprint density at radius 3 is 2.60 bits per heavy atom. The first-order valence-electron chi connectivity index (χ1n) is 5.26. The molecule has 1 aliphatic heterocycles. The van der Waals surface area contributed by atoms with Gasteiger partial charge >= 0.3 is 0 Å². The zero-order valence-electron chi connectivity index (χ0n) is 9.46. The van der Waals surface area contributed by atoms with Crippen LogP contribution in [0.15, 0.2) is 12.1 Å². The fraction of sp³-hybridized carbons (Fsp3) is 0.500. The molecule has 1 aromatic carbocycles. The topological polar surface area (TPSA) is 30.5 Å². The highest BCUT2D eigenvalue weighted by atomic mass is 16.6. The predicted octanol–water partition coefficient (Wildman–Crippen LogP) is 1.66. The second-order valence-corrected chi connectivity index (χ2v) is 3.99. The number of likely N-dealkylation sites (N-methyl/N-ethyl adjacent to an activating group) is 1. The molecule has 15 heavy (non-hydrogen) atoms. The van der Waals surface area contributed by atoms with E-state index in [0.29, 0.717) is 6.61 Å². The molecule has 1 N–H and O–H groups in total. The third-order valence-electron chi connectivity index (χ3n) is 2.71. The summed E-state index contributed by atoms with van der Waals surface area (Å²) in [7, 11) is 1.92. The predicted molar refractivity (Wildman–Crippen MR) is 59.8 cm³/mol. The number of hydrogen-bond acceptors (Lipinski definition) is 3. The molecule has 0 fully saturated rings. The molecule has 0 bridgehead atoms. The van der Waals surface area contributed by atoms with E-state index in [1.807, 2.05) is 19.2 Å². The highest BCUT2D eigenvalue weighted by Gasteiger charge is 2.20. The molecular formula is C12H17NO2. The van der Waals surface area contributed by atoms with Crippen molar-refractivity contribution in [3.05, 3.63) is 23.3 Å². The van der Waals surface area contributed by atoms with Crippen molar-refractivity contribution in [2.75, 3.05) is 20.2 Å². The lowest BCUT2D eigenvalue weighted by molar-refractivity contribution is 0.0917. The molecule has 0 amide bonds. The van der Waals surface area contributed by atoms with Gasteiger partial charge in [-0.1, -0.05) is 0 Å². The van der Waals surface area contributed by atoms with Crippen molar-refractivity contribution in [3.8, 4) is 11.5 Å². The molecule has 2 rings (SSSR count). The van der Waals surface area contributed by atoms with Gasteiger partial charge in [-0.05, 0) is 44.2 Å². The Kier molecular flexibility index (Phi) is 2.82. The second kappa shape index (κ2) is 4.11. The van der Waals surface area contributed by atoms with Crippen LogP contribution in [0.4, 0.5) is 0 Å². The van der Waals surface area contributed by atoms with Crippen molar-refractivity contribution in [3.63, 3.8) is 0 Å². The van der Waals surface area contributed by atoms with E-state index in [2.05, 4.69) is 19.2 Å². The zero-order chi connectivity index (χ0) is 10.8. The monoisotopic (exact) mass is 207 g/mol. The molecule has 0 saturated heterocycles. The molecule has 0 radical (unpaired) electrons. The van der Waals surface area contributed by atoms with Crippen LogP contribution in [0.5, 0.6) is 11.5 Å². The van der Waals surface area contributed by atoms with E-state index in [1.54, 1.807) is 0 Å².